The summed E-state index contributed by atoms with van der Waals surface area (Å²) in [6.07, 6.45) is 18.3. The molecule has 1 saturated carbocycles. The second-order valence-electron chi connectivity index (χ2n) is 7.01. The maximum absolute atomic E-state index is 2.66. The normalized spacial score (nSPS) is 26.7. The van der Waals surface area contributed by atoms with Crippen LogP contribution in [0.1, 0.15) is 53.4 Å². The maximum Gasteiger partial charge on any atom is 4.00 e. The van der Waals surface area contributed by atoms with E-state index in [1.165, 1.54) is 25.7 Å². The van der Waals surface area contributed by atoms with Gasteiger partial charge in [0.1, 0.15) is 0 Å². The first-order valence-electron chi connectivity index (χ1n) is 8.14. The third kappa shape index (κ3) is 4.25. The molecule has 0 aromatic rings. The van der Waals surface area contributed by atoms with Gasteiger partial charge in [0.15, 0.2) is 0 Å². The zero-order valence-corrected chi connectivity index (χ0v) is 19.6. The number of halogens is 2. The van der Waals surface area contributed by atoms with Gasteiger partial charge in [0.05, 0.1) is 0 Å². The van der Waals surface area contributed by atoms with Gasteiger partial charge < -0.3 is 24.8 Å². The van der Waals surface area contributed by atoms with Crippen LogP contribution in [0.15, 0.2) is 47.1 Å². The molecule has 0 amide bonds. The maximum atomic E-state index is 2.66. The van der Waals surface area contributed by atoms with Crippen molar-refractivity contribution in [3.63, 3.8) is 0 Å². The minimum atomic E-state index is -1.65. The Labute approximate surface area is 167 Å². The Morgan fingerprint density at radius 1 is 1.00 bits per heavy atom. The van der Waals surface area contributed by atoms with Crippen molar-refractivity contribution in [2.45, 2.75) is 63.8 Å². The first kappa shape index (κ1) is 23.6. The van der Waals surface area contributed by atoms with Crippen molar-refractivity contribution < 1.29 is 46.6 Å². The molecule has 1 unspecified atom stereocenters. The largest absolute Gasteiger partial charge is 4.00 e. The van der Waals surface area contributed by atoms with Crippen LogP contribution in [-0.2, 0) is 21.8 Å². The summed E-state index contributed by atoms with van der Waals surface area (Å²) in [6.45, 7) is 9.65. The fraction of sp³-hybridized carbons (Fsp3) is 0.579. The number of allylic oxidation sites excluding steroid dienone is 8. The SMILES string of the molecule is CC1=C[C](C)([Zr+]([CH]2C=CC=C2)[CH]2CCCC2)C(C)=C1C.[Cl-].[Cl-].[Si+4]. The Balaban J connectivity index is 0.00000161. The van der Waals surface area contributed by atoms with Gasteiger partial charge in [0.25, 0.3) is 0 Å². The molecule has 0 bridgehead atoms. The minimum absolute atomic E-state index is 0. The predicted octanol–water partition coefficient (Wildman–Crippen LogP) is -0.0163. The molecule has 0 saturated heterocycles. The van der Waals surface area contributed by atoms with Crippen LogP contribution >= 0.6 is 0 Å². The molecular formula is C19H27Cl2SiZr+3. The summed E-state index contributed by atoms with van der Waals surface area (Å²) in [6, 6.07) is 0. The molecule has 122 valence electrons. The fourth-order valence-electron chi connectivity index (χ4n) is 4.55. The van der Waals surface area contributed by atoms with Gasteiger partial charge in [0, 0.05) is 0 Å². The summed E-state index contributed by atoms with van der Waals surface area (Å²) in [7, 11) is 0. The monoisotopic (exact) mass is 443 g/mol. The molecule has 0 heterocycles. The zero-order chi connectivity index (χ0) is 14.3. The van der Waals surface area contributed by atoms with Gasteiger partial charge in [-0.05, 0) is 0 Å². The van der Waals surface area contributed by atoms with Gasteiger partial charge in [-0.15, -0.1) is 0 Å². The van der Waals surface area contributed by atoms with E-state index in [4.69, 9.17) is 0 Å². The van der Waals surface area contributed by atoms with Crippen LogP contribution in [0, 0.1) is 0 Å². The van der Waals surface area contributed by atoms with Crippen LogP contribution in [0.4, 0.5) is 0 Å². The molecule has 0 aromatic heterocycles. The molecule has 4 heteroatoms. The molecule has 0 spiro atoms. The van der Waals surface area contributed by atoms with E-state index < -0.39 is 21.8 Å². The van der Waals surface area contributed by atoms with Crippen molar-refractivity contribution in [1.29, 1.82) is 0 Å². The predicted molar refractivity (Wildman–Crippen MR) is 90.5 cm³/mol. The summed E-state index contributed by atoms with van der Waals surface area (Å²) < 4.78 is 2.37. The van der Waals surface area contributed by atoms with Crippen LogP contribution in [0.2, 0.25) is 10.4 Å². The van der Waals surface area contributed by atoms with E-state index in [-0.39, 0.29) is 35.8 Å². The third-order valence-corrected chi connectivity index (χ3v) is 16.5. The number of rotatable bonds is 3. The fourth-order valence-corrected chi connectivity index (χ4v) is 16.2. The summed E-state index contributed by atoms with van der Waals surface area (Å²) in [4.78, 5) is 0. The van der Waals surface area contributed by atoms with Crippen LogP contribution in [-0.4, -0.2) is 11.0 Å². The molecule has 0 nitrogen and oxygen atoms in total. The standard InChI is InChI=1S/C9H13.C5H9.C5H5.2ClH.Si.Zr/c1-6-5-7(2)9(4)8(6)3;2*1-2-4-5-3-1;;;;/h5H,1-4H3;1H,2-5H2;1-5H;2*1H;;/q;;;;;+4;+1/p-2. The van der Waals surface area contributed by atoms with Crippen LogP contribution in [0.3, 0.4) is 0 Å². The molecule has 0 aliphatic heterocycles. The average molecular weight is 446 g/mol. The molecule has 3 aliphatic carbocycles. The van der Waals surface area contributed by atoms with Gasteiger partial charge in [-0.1, -0.05) is 0 Å². The van der Waals surface area contributed by atoms with E-state index in [2.05, 4.69) is 58.1 Å². The van der Waals surface area contributed by atoms with Crippen LogP contribution in [0.25, 0.3) is 0 Å². The van der Waals surface area contributed by atoms with E-state index in [1.807, 2.05) is 0 Å². The molecule has 0 aromatic carbocycles. The Kier molecular flexibility index (Phi) is 9.63. The van der Waals surface area contributed by atoms with Gasteiger partial charge >= 0.3 is 144 Å². The van der Waals surface area contributed by atoms with Gasteiger partial charge in [-0.2, -0.15) is 0 Å². The second kappa shape index (κ2) is 9.37. The van der Waals surface area contributed by atoms with Crippen molar-refractivity contribution in [2.24, 2.45) is 0 Å². The summed E-state index contributed by atoms with van der Waals surface area (Å²) in [5.41, 5.74) is 4.83. The molecule has 23 heavy (non-hydrogen) atoms. The number of hydrogen-bond donors (Lipinski definition) is 0. The first-order valence-corrected chi connectivity index (χ1v) is 12.2. The molecule has 1 fully saturated rings. The summed E-state index contributed by atoms with van der Waals surface area (Å²) >= 11 is -1.65. The van der Waals surface area contributed by atoms with Crippen molar-refractivity contribution in [2.75, 3.05) is 0 Å². The summed E-state index contributed by atoms with van der Waals surface area (Å²) in [5, 5.41) is 0. The van der Waals surface area contributed by atoms with Crippen molar-refractivity contribution in [3.8, 4) is 0 Å². The molecule has 0 N–H and O–H groups in total. The quantitative estimate of drug-likeness (QED) is 0.536. The van der Waals surface area contributed by atoms with Crippen LogP contribution < -0.4 is 24.8 Å². The smallest absolute Gasteiger partial charge is 1.00 e. The van der Waals surface area contributed by atoms with Crippen LogP contribution in [0.5, 0.6) is 0 Å². The summed E-state index contributed by atoms with van der Waals surface area (Å²) in [5.74, 6) is 0. The molecule has 1 atom stereocenters. The average Bonchev–Trinajstić information content (AvgIpc) is 3.13. The molecule has 3 aliphatic rings. The van der Waals surface area contributed by atoms with E-state index >= 15 is 0 Å². The van der Waals surface area contributed by atoms with Gasteiger partial charge in [0.2, 0.25) is 0 Å². The molecule has 0 radical (unpaired) electrons. The minimum Gasteiger partial charge on any atom is -1.00 e. The Morgan fingerprint density at radius 3 is 1.96 bits per heavy atom. The zero-order valence-electron chi connectivity index (χ0n) is 14.6. The van der Waals surface area contributed by atoms with E-state index in [0.29, 0.717) is 3.12 Å². The van der Waals surface area contributed by atoms with Gasteiger partial charge in [-0.25, -0.2) is 0 Å². The van der Waals surface area contributed by atoms with Crippen molar-refractivity contribution in [1.82, 2.24) is 0 Å². The van der Waals surface area contributed by atoms with E-state index in [0.717, 1.165) is 7.25 Å². The molecule has 3 rings (SSSR count). The Hall–Kier alpha value is 0.640. The van der Waals surface area contributed by atoms with Crippen molar-refractivity contribution >= 4 is 11.0 Å². The van der Waals surface area contributed by atoms with E-state index in [9.17, 15) is 0 Å². The third-order valence-electron chi connectivity index (χ3n) is 5.94. The first-order chi connectivity index (χ1) is 9.54. The van der Waals surface area contributed by atoms with Gasteiger partial charge in [-0.3, -0.25) is 0 Å². The second-order valence-corrected chi connectivity index (χ2v) is 15.4. The Morgan fingerprint density at radius 2 is 1.52 bits per heavy atom. The number of hydrogen-bond acceptors (Lipinski definition) is 0. The molecular weight excluding hydrogens is 418 g/mol. The van der Waals surface area contributed by atoms with E-state index in [1.54, 1.807) is 16.7 Å². The van der Waals surface area contributed by atoms with Crippen molar-refractivity contribution in [3.05, 3.63) is 47.1 Å². The topological polar surface area (TPSA) is 0 Å². The Bertz CT molecular complexity index is 517.